The zero-order chi connectivity index (χ0) is 9.30. The van der Waals surface area contributed by atoms with E-state index in [-0.39, 0.29) is 12.8 Å². The van der Waals surface area contributed by atoms with Gasteiger partial charge in [0.25, 0.3) is 0 Å². The van der Waals surface area contributed by atoms with Gasteiger partial charge >= 0.3 is 5.97 Å². The number of nitrogens with zero attached hydrogens (tertiary/aromatic N) is 1. The molecule has 66 valence electrons. The van der Waals surface area contributed by atoms with E-state index in [1.165, 1.54) is 7.05 Å². The van der Waals surface area contributed by atoms with Crippen LogP contribution in [0.1, 0.15) is 12.8 Å². The molecule has 5 heteroatoms. The Bertz CT molecular complexity index is 230. The van der Waals surface area contributed by atoms with Gasteiger partial charge in [-0.15, -0.1) is 0 Å². The highest BCUT2D eigenvalue weighted by Crippen LogP contribution is 2.17. The normalized spacial score (nSPS) is 19.9. The summed E-state index contributed by atoms with van der Waals surface area (Å²) in [6.07, 6.45) is -0.144. The lowest BCUT2D eigenvalue weighted by molar-refractivity contribution is -0.156. The number of likely N-dealkylation sites (tertiary alicyclic amines) is 1. The summed E-state index contributed by atoms with van der Waals surface area (Å²) in [5, 5.41) is 8.54. The van der Waals surface area contributed by atoms with Crippen molar-refractivity contribution in [2.45, 2.75) is 12.8 Å². The van der Waals surface area contributed by atoms with Crippen molar-refractivity contribution in [3.05, 3.63) is 0 Å². The molecular formula is C7H9NO4. The lowest BCUT2D eigenvalue weighted by atomic mass is 9.96. The van der Waals surface area contributed by atoms with Crippen molar-refractivity contribution in [3.8, 4) is 0 Å². The summed E-state index contributed by atoms with van der Waals surface area (Å²) in [4.78, 5) is 33.3. The molecule has 1 saturated heterocycles. The molecule has 0 atom stereocenters. The van der Waals surface area contributed by atoms with Crippen molar-refractivity contribution in [2.24, 2.45) is 5.92 Å². The second kappa shape index (κ2) is 2.92. The summed E-state index contributed by atoms with van der Waals surface area (Å²) >= 11 is 0. The molecule has 0 saturated carbocycles. The van der Waals surface area contributed by atoms with Crippen LogP contribution in [0.3, 0.4) is 0 Å². The largest absolute Gasteiger partial charge is 0.481 e. The van der Waals surface area contributed by atoms with Crippen LogP contribution in [0.5, 0.6) is 0 Å². The Morgan fingerprint density at radius 1 is 1.42 bits per heavy atom. The minimum absolute atomic E-state index is 0.0719. The van der Waals surface area contributed by atoms with Crippen molar-refractivity contribution in [1.82, 2.24) is 4.90 Å². The Balaban J connectivity index is 2.72. The molecule has 0 spiro atoms. The Labute approximate surface area is 69.0 Å². The number of carbonyl (C=O) groups excluding carboxylic acids is 2. The van der Waals surface area contributed by atoms with Crippen LogP contribution in [0, 0.1) is 5.92 Å². The molecule has 1 aliphatic rings. The van der Waals surface area contributed by atoms with Crippen LogP contribution < -0.4 is 0 Å². The molecule has 1 heterocycles. The average Bonchev–Trinajstić information content (AvgIpc) is 1.99. The zero-order valence-corrected chi connectivity index (χ0v) is 6.61. The van der Waals surface area contributed by atoms with Crippen LogP contribution >= 0.6 is 0 Å². The molecule has 0 aliphatic carbocycles. The number of carboxylic acids is 1. The van der Waals surface area contributed by atoms with Crippen LogP contribution in [-0.2, 0) is 14.4 Å². The second-order valence-electron chi connectivity index (χ2n) is 2.79. The lowest BCUT2D eigenvalue weighted by Crippen LogP contribution is -2.42. The van der Waals surface area contributed by atoms with Crippen molar-refractivity contribution in [1.29, 1.82) is 0 Å². The van der Waals surface area contributed by atoms with E-state index in [0.29, 0.717) is 0 Å². The van der Waals surface area contributed by atoms with Gasteiger partial charge < -0.3 is 5.11 Å². The summed E-state index contributed by atoms with van der Waals surface area (Å²) in [6.45, 7) is 0. The van der Waals surface area contributed by atoms with Gasteiger partial charge in [-0.25, -0.2) is 0 Å². The van der Waals surface area contributed by atoms with Crippen LogP contribution in [0.25, 0.3) is 0 Å². The zero-order valence-electron chi connectivity index (χ0n) is 6.61. The number of rotatable bonds is 1. The first-order valence-electron chi connectivity index (χ1n) is 3.54. The van der Waals surface area contributed by atoms with Gasteiger partial charge in [-0.3, -0.25) is 19.3 Å². The van der Waals surface area contributed by atoms with E-state index in [0.717, 1.165) is 4.90 Å². The molecule has 1 rings (SSSR count). The topological polar surface area (TPSA) is 74.7 Å². The minimum Gasteiger partial charge on any atom is -0.481 e. The highest BCUT2D eigenvalue weighted by Gasteiger charge is 2.33. The van der Waals surface area contributed by atoms with Gasteiger partial charge in [0.1, 0.15) is 0 Å². The number of amides is 2. The highest BCUT2D eigenvalue weighted by atomic mass is 16.4. The molecular weight excluding hydrogens is 162 g/mol. The van der Waals surface area contributed by atoms with Crippen molar-refractivity contribution >= 4 is 17.8 Å². The average molecular weight is 171 g/mol. The molecule has 0 radical (unpaired) electrons. The molecule has 1 aliphatic heterocycles. The maximum atomic E-state index is 11.0. The van der Waals surface area contributed by atoms with Gasteiger partial charge in [-0.2, -0.15) is 0 Å². The van der Waals surface area contributed by atoms with Crippen molar-refractivity contribution in [3.63, 3.8) is 0 Å². The third-order valence-corrected chi connectivity index (χ3v) is 1.94. The summed E-state index contributed by atoms with van der Waals surface area (Å²) in [6, 6.07) is 0. The van der Waals surface area contributed by atoms with Gasteiger partial charge in [0.05, 0.1) is 5.92 Å². The Kier molecular flexibility index (Phi) is 2.12. The monoisotopic (exact) mass is 171 g/mol. The van der Waals surface area contributed by atoms with E-state index in [9.17, 15) is 14.4 Å². The van der Waals surface area contributed by atoms with Gasteiger partial charge in [0.15, 0.2) is 0 Å². The molecule has 0 aromatic heterocycles. The minimum atomic E-state index is -1.08. The van der Waals surface area contributed by atoms with Crippen LogP contribution in [-0.4, -0.2) is 34.8 Å². The van der Waals surface area contributed by atoms with E-state index >= 15 is 0 Å². The summed E-state index contributed by atoms with van der Waals surface area (Å²) in [5.74, 6) is -2.75. The molecule has 5 nitrogen and oxygen atoms in total. The number of imide groups is 1. The fourth-order valence-corrected chi connectivity index (χ4v) is 1.08. The second-order valence-corrected chi connectivity index (χ2v) is 2.79. The fraction of sp³-hybridized carbons (Fsp3) is 0.571. The first-order chi connectivity index (χ1) is 5.52. The number of carbonyl (C=O) groups is 3. The quantitative estimate of drug-likeness (QED) is 0.538. The Morgan fingerprint density at radius 2 is 1.83 bits per heavy atom. The molecule has 2 amide bonds. The van der Waals surface area contributed by atoms with Gasteiger partial charge in [0, 0.05) is 19.9 Å². The molecule has 0 aromatic carbocycles. The molecule has 0 bridgehead atoms. The standard InChI is InChI=1S/C7H9NO4/c1-8-5(9)2-4(7(11)12)3-6(8)10/h4H,2-3H2,1H3,(H,11,12). The van der Waals surface area contributed by atoms with Crippen LogP contribution in [0.15, 0.2) is 0 Å². The Morgan fingerprint density at radius 3 is 2.17 bits per heavy atom. The molecule has 0 aromatic rings. The van der Waals surface area contributed by atoms with Crippen LogP contribution in [0.4, 0.5) is 0 Å². The van der Waals surface area contributed by atoms with Gasteiger partial charge in [-0.05, 0) is 0 Å². The molecule has 1 N–H and O–H groups in total. The molecule has 12 heavy (non-hydrogen) atoms. The molecule has 1 fully saturated rings. The SMILES string of the molecule is CN1C(=O)CC(C(=O)O)CC1=O. The maximum absolute atomic E-state index is 11.0. The number of piperidine rings is 1. The summed E-state index contributed by atoms with van der Waals surface area (Å²) in [7, 11) is 1.36. The fourth-order valence-electron chi connectivity index (χ4n) is 1.08. The Hall–Kier alpha value is -1.39. The summed E-state index contributed by atoms with van der Waals surface area (Å²) in [5.41, 5.74) is 0. The number of hydrogen-bond acceptors (Lipinski definition) is 3. The number of carboxylic acid groups (broad SMARTS) is 1. The van der Waals surface area contributed by atoms with E-state index < -0.39 is 23.7 Å². The maximum Gasteiger partial charge on any atom is 0.307 e. The first-order valence-corrected chi connectivity index (χ1v) is 3.54. The van der Waals surface area contributed by atoms with E-state index in [2.05, 4.69) is 0 Å². The third kappa shape index (κ3) is 1.44. The van der Waals surface area contributed by atoms with Crippen LogP contribution in [0.2, 0.25) is 0 Å². The summed E-state index contributed by atoms with van der Waals surface area (Å²) < 4.78 is 0. The number of aliphatic carboxylic acids is 1. The van der Waals surface area contributed by atoms with Crippen molar-refractivity contribution in [2.75, 3.05) is 7.05 Å². The smallest absolute Gasteiger partial charge is 0.307 e. The third-order valence-electron chi connectivity index (χ3n) is 1.94. The van der Waals surface area contributed by atoms with Crippen molar-refractivity contribution < 1.29 is 19.5 Å². The van der Waals surface area contributed by atoms with E-state index in [1.807, 2.05) is 0 Å². The lowest BCUT2D eigenvalue weighted by Gasteiger charge is -2.24. The first kappa shape index (κ1) is 8.70. The van der Waals surface area contributed by atoms with E-state index in [4.69, 9.17) is 5.11 Å². The predicted octanol–water partition coefficient (Wildman–Crippen LogP) is -0.534. The van der Waals surface area contributed by atoms with Gasteiger partial charge in [-0.1, -0.05) is 0 Å². The number of hydrogen-bond donors (Lipinski definition) is 1. The molecule has 0 unspecified atom stereocenters. The predicted molar refractivity (Wildman–Crippen MR) is 38.1 cm³/mol. The van der Waals surface area contributed by atoms with E-state index in [1.54, 1.807) is 0 Å². The highest BCUT2D eigenvalue weighted by molar-refractivity contribution is 6.00. The van der Waals surface area contributed by atoms with Gasteiger partial charge in [0.2, 0.25) is 11.8 Å².